The van der Waals surface area contributed by atoms with E-state index in [1.165, 1.54) is 0 Å². The third-order valence-electron chi connectivity index (χ3n) is 3.29. The van der Waals surface area contributed by atoms with Crippen LogP contribution in [0, 0.1) is 0 Å². The number of fused-ring (bicyclic) bond motifs is 1. The van der Waals surface area contributed by atoms with Crippen LogP contribution in [0.15, 0.2) is 30.3 Å². The predicted octanol–water partition coefficient (Wildman–Crippen LogP) is 2.78. The average Bonchev–Trinajstić information content (AvgIpc) is 2.43. The Morgan fingerprint density at radius 1 is 1.28 bits per heavy atom. The number of aryl methyl sites for hydroxylation is 1. The zero-order chi connectivity index (χ0) is 13.0. The van der Waals surface area contributed by atoms with Crippen LogP contribution in [0.4, 0.5) is 0 Å². The van der Waals surface area contributed by atoms with Gasteiger partial charge < -0.3 is 10.1 Å². The lowest BCUT2D eigenvalue weighted by atomic mass is 10.1. The summed E-state index contributed by atoms with van der Waals surface area (Å²) in [4.78, 5) is 4.70. The minimum absolute atomic E-state index is 0.514. The maximum Gasteiger partial charge on any atom is 0.145 e. The topological polar surface area (TPSA) is 34.1 Å². The normalized spacial score (nSPS) is 12.6. The van der Waals surface area contributed by atoms with E-state index in [-0.39, 0.29) is 0 Å². The summed E-state index contributed by atoms with van der Waals surface area (Å²) in [5.41, 5.74) is 2.07. The Balaban J connectivity index is 2.25. The number of nitrogens with one attached hydrogen (secondary N) is 1. The van der Waals surface area contributed by atoms with Crippen molar-refractivity contribution in [1.82, 2.24) is 10.3 Å². The maximum atomic E-state index is 5.35. The van der Waals surface area contributed by atoms with Crippen molar-refractivity contribution in [3.8, 4) is 5.75 Å². The largest absolute Gasteiger partial charge is 0.494 e. The lowest BCUT2D eigenvalue weighted by molar-refractivity contribution is 0.418. The number of rotatable bonds is 5. The zero-order valence-electron chi connectivity index (χ0n) is 11.2. The molecule has 1 atom stereocenters. The average molecular weight is 244 g/mol. The Bertz CT molecular complexity index is 525. The van der Waals surface area contributed by atoms with Crippen LogP contribution >= 0.6 is 0 Å². The quantitative estimate of drug-likeness (QED) is 0.878. The standard InChI is InChI=1S/C15H20N2O/c1-11(16-2)7-9-13-10-8-12-5-4-6-14(18-3)15(12)17-13/h4-6,8,10-11,16H,7,9H2,1-3H3. The predicted molar refractivity (Wildman–Crippen MR) is 75.1 cm³/mol. The third-order valence-corrected chi connectivity index (χ3v) is 3.29. The number of pyridine rings is 1. The van der Waals surface area contributed by atoms with Crippen LogP contribution in [0.3, 0.4) is 0 Å². The lowest BCUT2D eigenvalue weighted by Crippen LogP contribution is -2.21. The number of methoxy groups -OCH3 is 1. The SMILES string of the molecule is CNC(C)CCc1ccc2cccc(OC)c2n1. The number of ether oxygens (including phenoxy) is 1. The van der Waals surface area contributed by atoms with Crippen LogP contribution < -0.4 is 10.1 Å². The van der Waals surface area contributed by atoms with Crippen LogP contribution in [-0.4, -0.2) is 25.2 Å². The fourth-order valence-corrected chi connectivity index (χ4v) is 1.97. The second-order valence-electron chi connectivity index (χ2n) is 4.56. The molecule has 0 fully saturated rings. The van der Waals surface area contributed by atoms with Gasteiger partial charge in [0.25, 0.3) is 0 Å². The molecule has 0 spiro atoms. The van der Waals surface area contributed by atoms with Gasteiger partial charge in [0, 0.05) is 17.1 Å². The van der Waals surface area contributed by atoms with Crippen molar-refractivity contribution < 1.29 is 4.74 Å². The van der Waals surface area contributed by atoms with E-state index >= 15 is 0 Å². The summed E-state index contributed by atoms with van der Waals surface area (Å²) in [6.07, 6.45) is 2.07. The molecule has 18 heavy (non-hydrogen) atoms. The molecule has 1 aromatic carbocycles. The number of benzene rings is 1. The highest BCUT2D eigenvalue weighted by Crippen LogP contribution is 2.23. The van der Waals surface area contributed by atoms with Gasteiger partial charge in [-0.15, -0.1) is 0 Å². The van der Waals surface area contributed by atoms with Gasteiger partial charge in [0.1, 0.15) is 11.3 Å². The van der Waals surface area contributed by atoms with Crippen molar-refractivity contribution in [2.45, 2.75) is 25.8 Å². The van der Waals surface area contributed by atoms with E-state index in [4.69, 9.17) is 9.72 Å². The Morgan fingerprint density at radius 2 is 2.11 bits per heavy atom. The zero-order valence-corrected chi connectivity index (χ0v) is 11.2. The van der Waals surface area contributed by atoms with Gasteiger partial charge in [-0.25, -0.2) is 4.98 Å². The summed E-state index contributed by atoms with van der Waals surface area (Å²) >= 11 is 0. The van der Waals surface area contributed by atoms with Crippen molar-refractivity contribution in [3.05, 3.63) is 36.0 Å². The molecule has 0 aliphatic rings. The Morgan fingerprint density at radius 3 is 2.83 bits per heavy atom. The molecular formula is C15H20N2O. The summed E-state index contributed by atoms with van der Waals surface area (Å²) in [6, 6.07) is 10.7. The van der Waals surface area contributed by atoms with Crippen LogP contribution in [0.5, 0.6) is 5.75 Å². The van der Waals surface area contributed by atoms with Crippen LogP contribution in [0.2, 0.25) is 0 Å². The molecule has 3 heteroatoms. The smallest absolute Gasteiger partial charge is 0.145 e. The molecule has 1 aromatic heterocycles. The maximum absolute atomic E-state index is 5.35. The molecule has 0 saturated heterocycles. The minimum atomic E-state index is 0.514. The molecule has 0 radical (unpaired) electrons. The number of para-hydroxylation sites is 1. The molecule has 0 aliphatic heterocycles. The molecule has 2 aromatic rings. The summed E-state index contributed by atoms with van der Waals surface area (Å²) in [7, 11) is 3.67. The Hall–Kier alpha value is -1.61. The van der Waals surface area contributed by atoms with Crippen molar-refractivity contribution in [3.63, 3.8) is 0 Å². The first kappa shape index (κ1) is 12.8. The number of aromatic nitrogens is 1. The number of hydrogen-bond acceptors (Lipinski definition) is 3. The third kappa shape index (κ3) is 2.79. The van der Waals surface area contributed by atoms with Crippen molar-refractivity contribution in [2.24, 2.45) is 0 Å². The van der Waals surface area contributed by atoms with Gasteiger partial charge in [0.15, 0.2) is 0 Å². The van der Waals surface area contributed by atoms with E-state index in [1.807, 2.05) is 19.2 Å². The van der Waals surface area contributed by atoms with Gasteiger partial charge in [0.05, 0.1) is 7.11 Å². The lowest BCUT2D eigenvalue weighted by Gasteiger charge is -2.10. The van der Waals surface area contributed by atoms with Crippen LogP contribution in [-0.2, 0) is 6.42 Å². The molecule has 1 N–H and O–H groups in total. The van der Waals surface area contributed by atoms with Gasteiger partial charge in [-0.1, -0.05) is 18.2 Å². The van der Waals surface area contributed by atoms with Gasteiger partial charge in [-0.2, -0.15) is 0 Å². The first-order chi connectivity index (χ1) is 8.74. The van der Waals surface area contributed by atoms with E-state index in [0.29, 0.717) is 6.04 Å². The summed E-state index contributed by atoms with van der Waals surface area (Å²) in [5.74, 6) is 0.844. The van der Waals surface area contributed by atoms with E-state index in [1.54, 1.807) is 7.11 Å². The summed E-state index contributed by atoms with van der Waals surface area (Å²) < 4.78 is 5.35. The van der Waals surface area contributed by atoms with E-state index < -0.39 is 0 Å². The van der Waals surface area contributed by atoms with Gasteiger partial charge in [0.2, 0.25) is 0 Å². The van der Waals surface area contributed by atoms with E-state index in [2.05, 4.69) is 30.4 Å². The van der Waals surface area contributed by atoms with Crippen LogP contribution in [0.25, 0.3) is 10.9 Å². The highest BCUT2D eigenvalue weighted by molar-refractivity contribution is 5.84. The summed E-state index contributed by atoms with van der Waals surface area (Å²) in [6.45, 7) is 2.18. The Kier molecular flexibility index (Phi) is 4.15. The second-order valence-corrected chi connectivity index (χ2v) is 4.56. The second kappa shape index (κ2) is 5.83. The van der Waals surface area contributed by atoms with E-state index in [9.17, 15) is 0 Å². The molecule has 96 valence electrons. The van der Waals surface area contributed by atoms with Gasteiger partial charge in [-0.3, -0.25) is 0 Å². The molecule has 1 heterocycles. The molecular weight excluding hydrogens is 224 g/mol. The molecule has 3 nitrogen and oxygen atoms in total. The minimum Gasteiger partial charge on any atom is -0.494 e. The fraction of sp³-hybridized carbons (Fsp3) is 0.400. The van der Waals surface area contributed by atoms with Gasteiger partial charge >= 0.3 is 0 Å². The monoisotopic (exact) mass is 244 g/mol. The molecule has 1 unspecified atom stereocenters. The van der Waals surface area contributed by atoms with Crippen molar-refractivity contribution >= 4 is 10.9 Å². The summed E-state index contributed by atoms with van der Waals surface area (Å²) in [5, 5.41) is 4.37. The Labute approximate surface area is 108 Å². The van der Waals surface area contributed by atoms with Crippen molar-refractivity contribution in [2.75, 3.05) is 14.2 Å². The fourth-order valence-electron chi connectivity index (χ4n) is 1.97. The van der Waals surface area contributed by atoms with Crippen LogP contribution in [0.1, 0.15) is 19.0 Å². The molecule has 0 aliphatic carbocycles. The van der Waals surface area contributed by atoms with Crippen molar-refractivity contribution in [1.29, 1.82) is 0 Å². The highest BCUT2D eigenvalue weighted by atomic mass is 16.5. The molecule has 0 bridgehead atoms. The van der Waals surface area contributed by atoms with Gasteiger partial charge in [-0.05, 0) is 38.9 Å². The van der Waals surface area contributed by atoms with E-state index in [0.717, 1.165) is 35.2 Å². The molecule has 0 amide bonds. The number of nitrogens with zero attached hydrogens (tertiary/aromatic N) is 1. The number of hydrogen-bond donors (Lipinski definition) is 1. The highest BCUT2D eigenvalue weighted by Gasteiger charge is 2.05. The first-order valence-corrected chi connectivity index (χ1v) is 6.34. The molecule has 2 rings (SSSR count). The molecule has 0 saturated carbocycles. The first-order valence-electron chi connectivity index (χ1n) is 6.34.